The lowest BCUT2D eigenvalue weighted by Crippen LogP contribution is -1.85. The molecule has 6 rings (SSSR count). The SMILES string of the molecule is O=C(I)OSc1ccc2c(c1)CCO2.O=C(I)OSc1ccc2occc2c1.c1ccc2c(c1)CCO2. The maximum Gasteiger partial charge on any atom is 0.379 e. The fourth-order valence-corrected chi connectivity index (χ4v) is 4.97. The number of carbonyl (C=O) groups is 2. The number of para-hydroxylation sites is 1. The van der Waals surface area contributed by atoms with Gasteiger partial charge in [0.25, 0.3) is 0 Å². The van der Waals surface area contributed by atoms with E-state index in [1.54, 1.807) is 51.4 Å². The lowest BCUT2D eigenvalue weighted by molar-refractivity contribution is 0.236. The van der Waals surface area contributed by atoms with Crippen LogP contribution in [0.25, 0.3) is 11.0 Å². The second kappa shape index (κ2) is 14.2. The number of carbonyl (C=O) groups excluding carboxylic acids is 2. The topological polar surface area (TPSA) is 84.2 Å². The Bertz CT molecular complexity index is 1350. The third-order valence-corrected chi connectivity index (χ3v) is 7.49. The molecule has 0 spiro atoms. The molecule has 0 bridgehead atoms. The van der Waals surface area contributed by atoms with Gasteiger partial charge in [0.1, 0.15) is 17.1 Å². The Balaban J connectivity index is 0.000000133. The molecule has 3 aromatic carbocycles. The highest BCUT2D eigenvalue weighted by molar-refractivity contribution is 14.1. The van der Waals surface area contributed by atoms with E-state index in [9.17, 15) is 9.59 Å². The van der Waals surface area contributed by atoms with Gasteiger partial charge in [-0.15, -0.1) is 0 Å². The highest BCUT2D eigenvalue weighted by Crippen LogP contribution is 2.31. The molecule has 11 heteroatoms. The van der Waals surface area contributed by atoms with Gasteiger partial charge in [-0.2, -0.15) is 0 Å². The summed E-state index contributed by atoms with van der Waals surface area (Å²) in [6.07, 6.45) is 3.64. The Hall–Kier alpha value is -2.10. The molecule has 0 radical (unpaired) electrons. The van der Waals surface area contributed by atoms with Crippen LogP contribution in [0.1, 0.15) is 11.1 Å². The van der Waals surface area contributed by atoms with Crippen molar-refractivity contribution in [2.75, 3.05) is 13.2 Å². The number of fused-ring (bicyclic) bond motifs is 3. The van der Waals surface area contributed by atoms with Crippen LogP contribution in [-0.4, -0.2) is 21.2 Å². The van der Waals surface area contributed by atoms with Crippen LogP contribution < -0.4 is 9.47 Å². The van der Waals surface area contributed by atoms with Crippen molar-refractivity contribution >= 4 is 88.2 Å². The third-order valence-electron chi connectivity index (χ3n) is 5.09. The quantitative estimate of drug-likeness (QED) is 0.115. The number of halogens is 2. The van der Waals surface area contributed by atoms with Crippen LogP contribution >= 0.6 is 69.3 Å². The minimum absolute atomic E-state index is 0.315. The molecule has 0 N–H and O–H groups in total. The first-order chi connectivity index (χ1) is 18.0. The van der Waals surface area contributed by atoms with Crippen LogP contribution in [-0.2, 0) is 21.2 Å². The van der Waals surface area contributed by atoms with E-state index in [-0.39, 0.29) is 7.95 Å². The minimum atomic E-state index is -0.333. The van der Waals surface area contributed by atoms with Gasteiger partial charge in [-0.25, -0.2) is 9.59 Å². The van der Waals surface area contributed by atoms with Crippen molar-refractivity contribution in [1.29, 1.82) is 0 Å². The van der Waals surface area contributed by atoms with Gasteiger partial charge < -0.3 is 22.3 Å². The molecule has 0 atom stereocenters. The zero-order chi connectivity index (χ0) is 26.0. The van der Waals surface area contributed by atoms with Gasteiger partial charge in [0.2, 0.25) is 0 Å². The fourth-order valence-electron chi connectivity index (χ4n) is 3.50. The third kappa shape index (κ3) is 8.72. The molecule has 0 unspecified atom stereocenters. The number of ether oxygens (including phenoxy) is 2. The summed E-state index contributed by atoms with van der Waals surface area (Å²) in [5, 5.41) is 1.000. The van der Waals surface area contributed by atoms with E-state index in [0.29, 0.717) is 0 Å². The largest absolute Gasteiger partial charge is 0.493 e. The van der Waals surface area contributed by atoms with Gasteiger partial charge in [-0.1, -0.05) is 18.2 Å². The van der Waals surface area contributed by atoms with Crippen molar-refractivity contribution in [2.24, 2.45) is 0 Å². The molecule has 1 aromatic heterocycles. The minimum Gasteiger partial charge on any atom is -0.493 e. The Morgan fingerprint density at radius 2 is 1.35 bits per heavy atom. The van der Waals surface area contributed by atoms with Crippen LogP contribution in [0.5, 0.6) is 11.5 Å². The summed E-state index contributed by atoms with van der Waals surface area (Å²) < 4.78 is 24.8. The van der Waals surface area contributed by atoms with Crippen LogP contribution in [0, 0.1) is 0 Å². The average molecular weight is 762 g/mol. The number of furan rings is 1. The Labute approximate surface area is 249 Å². The van der Waals surface area contributed by atoms with E-state index >= 15 is 0 Å². The molecular weight excluding hydrogens is 742 g/mol. The number of hydrogen-bond acceptors (Lipinski definition) is 9. The lowest BCUT2D eigenvalue weighted by Gasteiger charge is -2.01. The van der Waals surface area contributed by atoms with Crippen LogP contribution in [0.4, 0.5) is 9.59 Å². The summed E-state index contributed by atoms with van der Waals surface area (Å²) in [4.78, 5) is 22.9. The maximum absolute atomic E-state index is 10.6. The van der Waals surface area contributed by atoms with E-state index in [1.165, 1.54) is 11.1 Å². The van der Waals surface area contributed by atoms with Crippen LogP contribution in [0.3, 0.4) is 0 Å². The smallest absolute Gasteiger partial charge is 0.379 e. The monoisotopic (exact) mass is 762 g/mol. The standard InChI is InChI=1S/C9H7IO3S.C9H5IO3S.C8H8O/c2*10-9(11)13-14-7-1-2-8-6(5-7)3-4-12-8;1-2-4-8-7(3-1)5-6-9-8/h1-2,5H,3-4H2;1-5H;1-4H,5-6H2. The molecule has 37 heavy (non-hydrogen) atoms. The van der Waals surface area contributed by atoms with Crippen molar-refractivity contribution in [1.82, 2.24) is 0 Å². The van der Waals surface area contributed by atoms with Gasteiger partial charge in [0.05, 0.1) is 88.7 Å². The highest BCUT2D eigenvalue weighted by Gasteiger charge is 2.13. The molecule has 0 saturated carbocycles. The molecule has 0 amide bonds. The van der Waals surface area contributed by atoms with E-state index in [2.05, 4.69) is 6.07 Å². The van der Waals surface area contributed by atoms with Crippen LogP contribution in [0.15, 0.2) is 87.2 Å². The molecule has 2 aliphatic heterocycles. The van der Waals surface area contributed by atoms with Gasteiger partial charge in [0, 0.05) is 28.0 Å². The van der Waals surface area contributed by atoms with Gasteiger partial charge in [-0.3, -0.25) is 0 Å². The Morgan fingerprint density at radius 1 is 0.730 bits per heavy atom. The highest BCUT2D eigenvalue weighted by atomic mass is 127. The first-order valence-electron chi connectivity index (χ1n) is 11.0. The first kappa shape index (κ1) is 27.9. The Morgan fingerprint density at radius 3 is 2.05 bits per heavy atom. The number of hydrogen-bond donors (Lipinski definition) is 0. The average Bonchev–Trinajstić information content (AvgIpc) is 3.66. The van der Waals surface area contributed by atoms with Crippen molar-refractivity contribution in [3.8, 4) is 11.5 Å². The molecule has 0 fully saturated rings. The molecule has 7 nitrogen and oxygen atoms in total. The number of rotatable bonds is 4. The van der Waals surface area contributed by atoms with E-state index in [4.69, 9.17) is 22.3 Å². The summed E-state index contributed by atoms with van der Waals surface area (Å²) in [7, 11) is 0. The van der Waals surface area contributed by atoms with Gasteiger partial charge in [0.15, 0.2) is 0 Å². The van der Waals surface area contributed by atoms with Crippen molar-refractivity contribution in [3.05, 3.63) is 84.1 Å². The maximum atomic E-state index is 10.6. The predicted molar refractivity (Wildman–Crippen MR) is 160 cm³/mol. The van der Waals surface area contributed by atoms with Crippen molar-refractivity contribution < 1.29 is 31.8 Å². The van der Waals surface area contributed by atoms with E-state index in [0.717, 1.165) is 82.4 Å². The van der Waals surface area contributed by atoms with E-state index in [1.807, 2.05) is 60.7 Å². The number of benzene rings is 3. The van der Waals surface area contributed by atoms with Gasteiger partial charge in [-0.05, 0) is 59.7 Å². The Kier molecular flexibility index (Phi) is 10.7. The lowest BCUT2D eigenvalue weighted by atomic mass is 10.2. The molecule has 3 heterocycles. The molecule has 0 saturated heterocycles. The molecular formula is C26H20I2O7S2. The zero-order valence-corrected chi connectivity index (χ0v) is 25.1. The fraction of sp³-hybridized carbons (Fsp3) is 0.154. The summed E-state index contributed by atoms with van der Waals surface area (Å²) in [5.74, 6) is 2.01. The summed E-state index contributed by atoms with van der Waals surface area (Å²) in [5.41, 5.74) is 3.35. The molecule has 2 aliphatic rings. The second-order valence-corrected chi connectivity index (χ2v) is 10.9. The summed E-state index contributed by atoms with van der Waals surface area (Å²) in [6, 6.07) is 21.4. The predicted octanol–water partition coefficient (Wildman–Crippen LogP) is 8.83. The molecule has 0 aliphatic carbocycles. The zero-order valence-electron chi connectivity index (χ0n) is 19.2. The van der Waals surface area contributed by atoms with Crippen molar-refractivity contribution in [3.63, 3.8) is 0 Å². The summed E-state index contributed by atoms with van der Waals surface area (Å²) >= 11 is 5.32. The van der Waals surface area contributed by atoms with Gasteiger partial charge >= 0.3 is 7.95 Å². The first-order valence-corrected chi connectivity index (χ1v) is 14.6. The summed E-state index contributed by atoms with van der Waals surface area (Å²) in [6.45, 7) is 1.61. The second-order valence-electron chi connectivity index (χ2n) is 7.50. The van der Waals surface area contributed by atoms with E-state index < -0.39 is 0 Å². The van der Waals surface area contributed by atoms with Crippen LogP contribution in [0.2, 0.25) is 0 Å². The normalized spacial score (nSPS) is 12.5. The molecule has 192 valence electrons. The molecule has 4 aromatic rings. The van der Waals surface area contributed by atoms with Crippen molar-refractivity contribution in [2.45, 2.75) is 22.6 Å².